The molecule has 0 unspecified atom stereocenters. The van der Waals surface area contributed by atoms with Gasteiger partial charge in [0.05, 0.1) is 22.4 Å². The zero-order valence-corrected chi connectivity index (χ0v) is 13.8. The molecule has 3 heterocycles. The topological polar surface area (TPSA) is 50.3 Å². The number of methoxy groups -OCH3 is 1. The van der Waals surface area contributed by atoms with Crippen LogP contribution < -0.4 is 5.32 Å². The number of rotatable bonds is 4. The normalized spacial score (nSPS) is 23.3. The summed E-state index contributed by atoms with van der Waals surface area (Å²) in [4.78, 5) is 11.5. The summed E-state index contributed by atoms with van der Waals surface area (Å²) in [7, 11) is 1.79. The van der Waals surface area contributed by atoms with Crippen LogP contribution in [0.2, 0.25) is 0 Å². The Bertz CT molecular complexity index is 627. The van der Waals surface area contributed by atoms with Crippen LogP contribution in [0.25, 0.3) is 10.2 Å². The maximum atomic E-state index is 5.66. The molecule has 0 bridgehead atoms. The van der Waals surface area contributed by atoms with Crippen molar-refractivity contribution in [3.63, 3.8) is 0 Å². The van der Waals surface area contributed by atoms with E-state index >= 15 is 0 Å². The Kier molecular flexibility index (Phi) is 4.10. The molecule has 6 heteroatoms. The van der Waals surface area contributed by atoms with E-state index in [-0.39, 0.29) is 12.1 Å². The van der Waals surface area contributed by atoms with E-state index in [4.69, 9.17) is 4.74 Å². The van der Waals surface area contributed by atoms with E-state index < -0.39 is 0 Å². The molecular weight excluding hydrogens is 284 g/mol. The van der Waals surface area contributed by atoms with Crippen molar-refractivity contribution in [1.82, 2.24) is 14.9 Å². The number of ether oxygens (including phenoxy) is 1. The summed E-state index contributed by atoms with van der Waals surface area (Å²) in [5.41, 5.74) is 1.02. The van der Waals surface area contributed by atoms with Crippen LogP contribution in [-0.2, 0) is 4.74 Å². The molecular formula is C15H22N4OS. The van der Waals surface area contributed by atoms with Crippen molar-refractivity contribution in [2.24, 2.45) is 0 Å². The highest BCUT2D eigenvalue weighted by Gasteiger charge is 2.34. The maximum Gasteiger partial charge on any atom is 0.148 e. The van der Waals surface area contributed by atoms with Gasteiger partial charge in [0, 0.05) is 26.2 Å². The lowest BCUT2D eigenvalue weighted by Gasteiger charge is -2.20. The third-order valence-corrected chi connectivity index (χ3v) is 4.98. The third kappa shape index (κ3) is 2.88. The van der Waals surface area contributed by atoms with Gasteiger partial charge in [-0.3, -0.25) is 4.90 Å². The van der Waals surface area contributed by atoms with E-state index in [2.05, 4.69) is 39.4 Å². The van der Waals surface area contributed by atoms with Gasteiger partial charge in [-0.05, 0) is 32.2 Å². The SMILES string of the molecule is CO[C@@H]1CN(C(C)C)C[C@H]1Nc1nc(C)nc2ccsc12. The molecule has 2 aromatic rings. The molecule has 1 saturated heterocycles. The van der Waals surface area contributed by atoms with Gasteiger partial charge >= 0.3 is 0 Å². The lowest BCUT2D eigenvalue weighted by molar-refractivity contribution is 0.0983. The summed E-state index contributed by atoms with van der Waals surface area (Å²) >= 11 is 1.68. The van der Waals surface area contributed by atoms with Crippen LogP contribution >= 0.6 is 11.3 Å². The van der Waals surface area contributed by atoms with Crippen molar-refractivity contribution >= 4 is 27.4 Å². The van der Waals surface area contributed by atoms with E-state index in [1.165, 1.54) is 0 Å². The van der Waals surface area contributed by atoms with E-state index in [9.17, 15) is 0 Å². The van der Waals surface area contributed by atoms with Gasteiger partial charge in [0.1, 0.15) is 11.6 Å². The molecule has 0 aromatic carbocycles. The van der Waals surface area contributed by atoms with Gasteiger partial charge in [-0.25, -0.2) is 9.97 Å². The predicted molar refractivity (Wildman–Crippen MR) is 87.1 cm³/mol. The van der Waals surface area contributed by atoms with Crippen molar-refractivity contribution in [3.8, 4) is 0 Å². The van der Waals surface area contributed by atoms with Crippen LogP contribution in [0.4, 0.5) is 5.82 Å². The molecule has 0 radical (unpaired) electrons. The van der Waals surface area contributed by atoms with Crippen LogP contribution in [0.3, 0.4) is 0 Å². The van der Waals surface area contributed by atoms with Crippen molar-refractivity contribution in [2.75, 3.05) is 25.5 Å². The number of hydrogen-bond donors (Lipinski definition) is 1. The van der Waals surface area contributed by atoms with E-state index in [0.717, 1.165) is 34.9 Å². The Morgan fingerprint density at radius 1 is 1.38 bits per heavy atom. The van der Waals surface area contributed by atoms with Gasteiger partial charge in [-0.2, -0.15) is 0 Å². The molecule has 5 nitrogen and oxygen atoms in total. The first-order valence-corrected chi connectivity index (χ1v) is 8.21. The molecule has 1 aliphatic heterocycles. The molecule has 3 rings (SSSR count). The molecule has 0 spiro atoms. The minimum Gasteiger partial charge on any atom is -0.378 e. The average Bonchev–Trinajstić information content (AvgIpc) is 3.04. The summed E-state index contributed by atoms with van der Waals surface area (Å²) in [5, 5.41) is 5.65. The van der Waals surface area contributed by atoms with Gasteiger partial charge in [-0.1, -0.05) is 0 Å². The number of nitrogens with zero attached hydrogens (tertiary/aromatic N) is 3. The molecule has 0 saturated carbocycles. The molecule has 2 aromatic heterocycles. The largest absolute Gasteiger partial charge is 0.378 e. The van der Waals surface area contributed by atoms with Crippen LogP contribution in [-0.4, -0.2) is 53.3 Å². The Morgan fingerprint density at radius 2 is 2.19 bits per heavy atom. The smallest absolute Gasteiger partial charge is 0.148 e. The number of aromatic nitrogens is 2. The molecule has 1 N–H and O–H groups in total. The van der Waals surface area contributed by atoms with Gasteiger partial charge in [-0.15, -0.1) is 11.3 Å². The van der Waals surface area contributed by atoms with Gasteiger partial charge < -0.3 is 10.1 Å². The fourth-order valence-corrected chi connectivity index (χ4v) is 3.64. The third-order valence-electron chi connectivity index (χ3n) is 4.06. The highest BCUT2D eigenvalue weighted by Crippen LogP contribution is 2.28. The average molecular weight is 306 g/mol. The highest BCUT2D eigenvalue weighted by atomic mass is 32.1. The molecule has 0 amide bonds. The van der Waals surface area contributed by atoms with Gasteiger partial charge in [0.25, 0.3) is 0 Å². The lowest BCUT2D eigenvalue weighted by Crippen LogP contribution is -2.34. The second-order valence-electron chi connectivity index (χ2n) is 5.83. The number of aryl methyl sites for hydroxylation is 1. The molecule has 1 fully saturated rings. The Morgan fingerprint density at radius 3 is 2.90 bits per heavy atom. The van der Waals surface area contributed by atoms with Gasteiger partial charge in [0.2, 0.25) is 0 Å². The standard InChI is InChI=1S/C15H22N4OS/c1-9(2)19-7-12(13(8-19)20-4)18-15-14-11(5-6-21-14)16-10(3)17-15/h5-6,9,12-13H,7-8H2,1-4H3,(H,16,17,18)/t12-,13-/m1/s1. The molecule has 114 valence electrons. The van der Waals surface area contributed by atoms with E-state index in [0.29, 0.717) is 6.04 Å². The van der Waals surface area contributed by atoms with Crippen molar-refractivity contribution in [3.05, 3.63) is 17.3 Å². The Balaban J connectivity index is 1.85. The van der Waals surface area contributed by atoms with Gasteiger partial charge in [0.15, 0.2) is 0 Å². The highest BCUT2D eigenvalue weighted by molar-refractivity contribution is 7.17. The first-order valence-electron chi connectivity index (χ1n) is 7.33. The second kappa shape index (κ2) is 5.87. The lowest BCUT2D eigenvalue weighted by atomic mass is 10.2. The minimum absolute atomic E-state index is 0.192. The number of anilines is 1. The molecule has 0 aliphatic carbocycles. The van der Waals surface area contributed by atoms with Crippen LogP contribution in [0.5, 0.6) is 0 Å². The summed E-state index contributed by atoms with van der Waals surface area (Å²) in [5.74, 6) is 1.74. The summed E-state index contributed by atoms with van der Waals surface area (Å²) in [6, 6.07) is 2.84. The first-order chi connectivity index (χ1) is 10.1. The number of hydrogen-bond acceptors (Lipinski definition) is 6. The summed E-state index contributed by atoms with van der Waals surface area (Å²) in [6.07, 6.45) is 0.192. The minimum atomic E-state index is 0.192. The van der Waals surface area contributed by atoms with E-state index in [1.54, 1.807) is 18.4 Å². The summed E-state index contributed by atoms with van der Waals surface area (Å²) < 4.78 is 6.78. The fourth-order valence-electron chi connectivity index (χ4n) is 2.86. The second-order valence-corrected chi connectivity index (χ2v) is 6.74. The van der Waals surface area contributed by atoms with E-state index in [1.807, 2.05) is 13.0 Å². The molecule has 21 heavy (non-hydrogen) atoms. The Hall–Kier alpha value is -1.24. The zero-order valence-electron chi connectivity index (χ0n) is 13.0. The van der Waals surface area contributed by atoms with Crippen molar-refractivity contribution in [1.29, 1.82) is 0 Å². The van der Waals surface area contributed by atoms with Crippen molar-refractivity contribution < 1.29 is 4.74 Å². The molecule has 2 atom stereocenters. The number of likely N-dealkylation sites (tertiary alicyclic amines) is 1. The predicted octanol–water partition coefficient (Wildman–Crippen LogP) is 2.52. The first kappa shape index (κ1) is 14.7. The quantitative estimate of drug-likeness (QED) is 0.940. The maximum absolute atomic E-state index is 5.66. The van der Waals surface area contributed by atoms with Crippen LogP contribution in [0.15, 0.2) is 11.4 Å². The van der Waals surface area contributed by atoms with Crippen molar-refractivity contribution in [2.45, 2.75) is 39.0 Å². The zero-order chi connectivity index (χ0) is 15.0. The van der Waals surface area contributed by atoms with Crippen LogP contribution in [0.1, 0.15) is 19.7 Å². The Labute approximate surface area is 129 Å². The number of thiophene rings is 1. The number of fused-ring (bicyclic) bond motifs is 1. The fraction of sp³-hybridized carbons (Fsp3) is 0.600. The number of nitrogens with one attached hydrogen (secondary N) is 1. The summed E-state index contributed by atoms with van der Waals surface area (Å²) in [6.45, 7) is 8.32. The van der Waals surface area contributed by atoms with Crippen LogP contribution in [0, 0.1) is 6.92 Å². The molecule has 1 aliphatic rings. The monoisotopic (exact) mass is 306 g/mol.